The fraction of sp³-hybridized carbons (Fsp3) is 0.714. The maximum Gasteiger partial charge on any atom is 0.200 e. The molecule has 1 fully saturated rings. The fourth-order valence-corrected chi connectivity index (χ4v) is 3.88. The molecular weight excluding hydrogens is 306 g/mol. The van der Waals surface area contributed by atoms with Gasteiger partial charge in [-0.1, -0.05) is 64.4 Å². The molecule has 1 aliphatic carbocycles. The quantitative estimate of drug-likeness (QED) is 0.456. The molecule has 0 bridgehead atoms. The van der Waals surface area contributed by atoms with Crippen molar-refractivity contribution in [1.29, 1.82) is 0 Å². The molecule has 1 aliphatic rings. The van der Waals surface area contributed by atoms with E-state index in [4.69, 9.17) is 4.74 Å². The Morgan fingerprint density at radius 3 is 2.21 bits per heavy atom. The van der Waals surface area contributed by atoms with Crippen LogP contribution in [0.15, 0.2) is 12.1 Å². The highest BCUT2D eigenvalue weighted by molar-refractivity contribution is 5.31. The molecule has 0 radical (unpaired) electrons. The zero-order valence-corrected chi connectivity index (χ0v) is 15.3. The van der Waals surface area contributed by atoms with Crippen LogP contribution >= 0.6 is 0 Å². The lowest BCUT2D eigenvalue weighted by Gasteiger charge is -2.28. The normalized spacial score (nSPS) is 21.0. The summed E-state index contributed by atoms with van der Waals surface area (Å²) in [5, 5.41) is 0. The maximum atomic E-state index is 14.1. The first-order chi connectivity index (χ1) is 11.7. The molecule has 24 heavy (non-hydrogen) atoms. The maximum absolute atomic E-state index is 14.1. The molecule has 1 saturated carbocycles. The van der Waals surface area contributed by atoms with E-state index in [0.717, 1.165) is 12.3 Å². The van der Waals surface area contributed by atoms with Gasteiger partial charge in [-0.25, -0.2) is 4.39 Å². The summed E-state index contributed by atoms with van der Waals surface area (Å²) in [6, 6.07) is 3.24. The predicted octanol–water partition coefficient (Wildman–Crippen LogP) is 6.68. The molecule has 2 rings (SSSR count). The standard InChI is InChI=1S/C21H32F2O/c1-3-5-6-7-16-8-10-17(11-9-16)12-13-18-14-15-19(24-4-2)21(23)20(18)22/h14-17H,3-13H2,1-2H3/t16-,17-. The Labute approximate surface area is 145 Å². The number of halogens is 2. The van der Waals surface area contributed by atoms with Gasteiger partial charge in [0.2, 0.25) is 5.82 Å². The minimum atomic E-state index is -0.839. The van der Waals surface area contributed by atoms with E-state index >= 15 is 0 Å². The molecule has 0 amide bonds. The van der Waals surface area contributed by atoms with E-state index in [1.807, 2.05) is 0 Å². The Bertz CT molecular complexity index is 493. The summed E-state index contributed by atoms with van der Waals surface area (Å²) in [6.07, 6.45) is 12.1. The number of rotatable bonds is 9. The molecule has 0 spiro atoms. The fourth-order valence-electron chi connectivity index (χ4n) is 3.88. The van der Waals surface area contributed by atoms with Gasteiger partial charge >= 0.3 is 0 Å². The van der Waals surface area contributed by atoms with Crippen molar-refractivity contribution in [2.75, 3.05) is 6.61 Å². The van der Waals surface area contributed by atoms with E-state index in [-0.39, 0.29) is 5.75 Å². The van der Waals surface area contributed by atoms with Gasteiger partial charge in [0.25, 0.3) is 0 Å². The third-order valence-corrected chi connectivity index (χ3v) is 5.43. The van der Waals surface area contributed by atoms with Gasteiger partial charge in [-0.3, -0.25) is 0 Å². The van der Waals surface area contributed by atoms with Crippen LogP contribution in [0, 0.1) is 23.5 Å². The number of hydrogen-bond acceptors (Lipinski definition) is 1. The van der Waals surface area contributed by atoms with E-state index in [1.165, 1.54) is 51.4 Å². The lowest BCUT2D eigenvalue weighted by atomic mass is 9.78. The van der Waals surface area contributed by atoms with Crippen LogP contribution in [0.3, 0.4) is 0 Å². The van der Waals surface area contributed by atoms with Gasteiger partial charge in [-0.15, -0.1) is 0 Å². The zero-order valence-electron chi connectivity index (χ0n) is 15.3. The first kappa shape index (κ1) is 19.2. The first-order valence-electron chi connectivity index (χ1n) is 9.75. The second-order valence-corrected chi connectivity index (χ2v) is 7.21. The lowest BCUT2D eigenvalue weighted by Crippen LogP contribution is -2.15. The van der Waals surface area contributed by atoms with Gasteiger partial charge in [-0.05, 0) is 43.2 Å². The summed E-state index contributed by atoms with van der Waals surface area (Å²) >= 11 is 0. The van der Waals surface area contributed by atoms with E-state index in [2.05, 4.69) is 6.92 Å². The van der Waals surface area contributed by atoms with Gasteiger partial charge in [-0.2, -0.15) is 4.39 Å². The first-order valence-corrected chi connectivity index (χ1v) is 9.75. The minimum absolute atomic E-state index is 0.0198. The van der Waals surface area contributed by atoms with Gasteiger partial charge in [0, 0.05) is 0 Å². The second kappa shape index (κ2) is 10.0. The van der Waals surface area contributed by atoms with Gasteiger partial charge in [0.05, 0.1) is 6.61 Å². The van der Waals surface area contributed by atoms with Crippen LogP contribution in [-0.2, 0) is 6.42 Å². The van der Waals surface area contributed by atoms with E-state index < -0.39 is 11.6 Å². The van der Waals surface area contributed by atoms with Crippen LogP contribution in [0.2, 0.25) is 0 Å². The number of aryl methyl sites for hydroxylation is 1. The van der Waals surface area contributed by atoms with E-state index in [0.29, 0.717) is 24.5 Å². The molecule has 1 aromatic carbocycles. The smallest absolute Gasteiger partial charge is 0.200 e. The lowest BCUT2D eigenvalue weighted by molar-refractivity contribution is 0.248. The Morgan fingerprint density at radius 1 is 0.917 bits per heavy atom. The Balaban J connectivity index is 1.77. The largest absolute Gasteiger partial charge is 0.491 e. The summed E-state index contributed by atoms with van der Waals surface area (Å²) in [5.41, 5.74) is 0.487. The molecule has 0 aliphatic heterocycles. The topological polar surface area (TPSA) is 9.23 Å². The number of unbranched alkanes of at least 4 members (excludes halogenated alkanes) is 2. The van der Waals surface area contributed by atoms with Gasteiger partial charge < -0.3 is 4.74 Å². The highest BCUT2D eigenvalue weighted by Crippen LogP contribution is 2.34. The molecule has 0 N–H and O–H groups in total. The Hall–Kier alpha value is -1.12. The van der Waals surface area contributed by atoms with Crippen molar-refractivity contribution < 1.29 is 13.5 Å². The number of benzene rings is 1. The molecule has 0 aromatic heterocycles. The van der Waals surface area contributed by atoms with Crippen molar-refractivity contribution in [1.82, 2.24) is 0 Å². The van der Waals surface area contributed by atoms with Crippen LogP contribution in [0.25, 0.3) is 0 Å². The van der Waals surface area contributed by atoms with Gasteiger partial charge in [0.15, 0.2) is 11.6 Å². The highest BCUT2D eigenvalue weighted by atomic mass is 19.2. The van der Waals surface area contributed by atoms with E-state index in [1.54, 1.807) is 19.1 Å². The van der Waals surface area contributed by atoms with Crippen molar-refractivity contribution in [2.45, 2.75) is 78.1 Å². The van der Waals surface area contributed by atoms with E-state index in [9.17, 15) is 8.78 Å². The summed E-state index contributed by atoms with van der Waals surface area (Å²) in [6.45, 7) is 4.36. The SMILES string of the molecule is CCCCC[C@H]1CC[C@H](CCc2ccc(OCC)c(F)c2F)CC1. The molecule has 0 saturated heterocycles. The predicted molar refractivity (Wildman–Crippen MR) is 95.4 cm³/mol. The number of hydrogen-bond donors (Lipinski definition) is 0. The highest BCUT2D eigenvalue weighted by Gasteiger charge is 2.22. The molecule has 0 heterocycles. The van der Waals surface area contributed by atoms with Crippen molar-refractivity contribution in [3.63, 3.8) is 0 Å². The zero-order chi connectivity index (χ0) is 17.4. The molecule has 0 unspecified atom stereocenters. The molecular formula is C21H32F2O. The molecule has 1 nitrogen and oxygen atoms in total. The molecule has 136 valence electrons. The summed E-state index contributed by atoms with van der Waals surface area (Å²) < 4.78 is 33.1. The summed E-state index contributed by atoms with van der Waals surface area (Å²) in [7, 11) is 0. The average Bonchev–Trinajstić information content (AvgIpc) is 2.60. The minimum Gasteiger partial charge on any atom is -0.491 e. The second-order valence-electron chi connectivity index (χ2n) is 7.21. The average molecular weight is 338 g/mol. The summed E-state index contributed by atoms with van der Waals surface area (Å²) in [5.74, 6) is 0.0171. The van der Waals surface area contributed by atoms with Crippen LogP contribution in [0.4, 0.5) is 8.78 Å². The van der Waals surface area contributed by atoms with Crippen molar-refractivity contribution in [3.8, 4) is 5.75 Å². The summed E-state index contributed by atoms with van der Waals surface area (Å²) in [4.78, 5) is 0. The number of ether oxygens (including phenoxy) is 1. The molecule has 1 aromatic rings. The Kier molecular flexibility index (Phi) is 8.01. The van der Waals surface area contributed by atoms with Crippen LogP contribution in [0.5, 0.6) is 5.75 Å². The third kappa shape index (κ3) is 5.46. The molecule has 3 heteroatoms. The van der Waals surface area contributed by atoms with Crippen LogP contribution in [-0.4, -0.2) is 6.61 Å². The van der Waals surface area contributed by atoms with Crippen molar-refractivity contribution in [2.24, 2.45) is 11.8 Å². The Morgan fingerprint density at radius 2 is 1.58 bits per heavy atom. The van der Waals surface area contributed by atoms with Crippen LogP contribution in [0.1, 0.15) is 77.2 Å². The third-order valence-electron chi connectivity index (χ3n) is 5.43. The monoisotopic (exact) mass is 338 g/mol. The van der Waals surface area contributed by atoms with Crippen LogP contribution < -0.4 is 4.74 Å². The van der Waals surface area contributed by atoms with Crippen molar-refractivity contribution >= 4 is 0 Å². The molecule has 0 atom stereocenters. The van der Waals surface area contributed by atoms with Crippen molar-refractivity contribution in [3.05, 3.63) is 29.3 Å². The van der Waals surface area contributed by atoms with Gasteiger partial charge in [0.1, 0.15) is 0 Å².